The first-order chi connectivity index (χ1) is 12.1. The van der Waals surface area contributed by atoms with Crippen molar-refractivity contribution in [3.63, 3.8) is 0 Å². The van der Waals surface area contributed by atoms with E-state index in [9.17, 15) is 4.79 Å². The Hall–Kier alpha value is -2.20. The van der Waals surface area contributed by atoms with Gasteiger partial charge in [-0.3, -0.25) is 4.90 Å². The highest BCUT2D eigenvalue weighted by atomic mass is 35.5. The van der Waals surface area contributed by atoms with Crippen LogP contribution in [0.4, 0.5) is 16.2 Å². The van der Waals surface area contributed by atoms with Crippen molar-refractivity contribution in [3.8, 4) is 0 Å². The van der Waals surface area contributed by atoms with Gasteiger partial charge in [0.2, 0.25) is 0 Å². The first kappa shape index (κ1) is 17.6. The Morgan fingerprint density at radius 2 is 1.80 bits per heavy atom. The molecule has 0 bridgehead atoms. The van der Waals surface area contributed by atoms with E-state index >= 15 is 0 Å². The maximum Gasteiger partial charge on any atom is 0.324 e. The lowest BCUT2D eigenvalue weighted by Gasteiger charge is -2.38. The largest absolute Gasteiger partial charge is 0.368 e. The van der Waals surface area contributed by atoms with Gasteiger partial charge in [-0.05, 0) is 49.7 Å². The van der Waals surface area contributed by atoms with E-state index in [-0.39, 0.29) is 6.03 Å². The maximum atomic E-state index is 13.0. The van der Waals surface area contributed by atoms with Crippen LogP contribution in [0.2, 0.25) is 5.02 Å². The van der Waals surface area contributed by atoms with Crippen molar-refractivity contribution in [3.05, 3.63) is 59.1 Å². The van der Waals surface area contributed by atoms with Crippen molar-refractivity contribution in [2.45, 2.75) is 13.8 Å². The third kappa shape index (κ3) is 4.07. The van der Waals surface area contributed by atoms with Crippen LogP contribution in [0, 0.1) is 6.92 Å². The maximum absolute atomic E-state index is 13.0. The number of carbonyl (C=O) groups excluding carboxylic acids is 1. The monoisotopic (exact) mass is 357 g/mol. The Kier molecular flexibility index (Phi) is 5.49. The zero-order valence-corrected chi connectivity index (χ0v) is 15.5. The predicted octanol–water partition coefficient (Wildman–Crippen LogP) is 4.42. The molecule has 0 N–H and O–H groups in total. The minimum absolute atomic E-state index is 0.0823. The number of carbonyl (C=O) groups is 1. The second-order valence-corrected chi connectivity index (χ2v) is 6.76. The van der Waals surface area contributed by atoms with Crippen LogP contribution in [-0.4, -0.2) is 43.7 Å². The SMILES string of the molecule is CCN(C(=O)N1CCN(c2cccc(Cl)c2)CC1)c1cccc(C)c1. The molecule has 1 aliphatic rings. The van der Waals surface area contributed by atoms with Gasteiger partial charge in [0.1, 0.15) is 0 Å². The molecule has 0 unspecified atom stereocenters. The van der Waals surface area contributed by atoms with E-state index in [1.54, 1.807) is 0 Å². The summed E-state index contributed by atoms with van der Waals surface area (Å²) >= 11 is 6.09. The Labute approximate surface area is 154 Å². The first-order valence-corrected chi connectivity index (χ1v) is 9.10. The van der Waals surface area contributed by atoms with Crippen LogP contribution in [-0.2, 0) is 0 Å². The molecular weight excluding hydrogens is 334 g/mol. The molecule has 1 heterocycles. The van der Waals surface area contributed by atoms with Crippen LogP contribution in [0.25, 0.3) is 0 Å². The third-order valence-corrected chi connectivity index (χ3v) is 4.82. The molecule has 1 fully saturated rings. The number of hydrogen-bond donors (Lipinski definition) is 0. The summed E-state index contributed by atoms with van der Waals surface area (Å²) in [6, 6.07) is 16.1. The van der Waals surface area contributed by atoms with Gasteiger partial charge in [0.15, 0.2) is 0 Å². The molecule has 1 saturated heterocycles. The molecule has 5 heteroatoms. The van der Waals surface area contributed by atoms with E-state index < -0.39 is 0 Å². The van der Waals surface area contributed by atoms with E-state index in [1.807, 2.05) is 60.0 Å². The highest BCUT2D eigenvalue weighted by Crippen LogP contribution is 2.22. The number of hydrogen-bond acceptors (Lipinski definition) is 2. The molecule has 0 radical (unpaired) electrons. The van der Waals surface area contributed by atoms with E-state index in [0.29, 0.717) is 19.6 Å². The van der Waals surface area contributed by atoms with Crippen LogP contribution in [0.3, 0.4) is 0 Å². The van der Waals surface area contributed by atoms with Crippen LogP contribution >= 0.6 is 11.6 Å². The first-order valence-electron chi connectivity index (χ1n) is 8.72. The van der Waals surface area contributed by atoms with Crippen LogP contribution in [0.15, 0.2) is 48.5 Å². The van der Waals surface area contributed by atoms with Crippen molar-refractivity contribution in [2.75, 3.05) is 42.5 Å². The molecule has 0 saturated carbocycles. The summed E-state index contributed by atoms with van der Waals surface area (Å²) in [7, 11) is 0. The third-order valence-electron chi connectivity index (χ3n) is 4.58. The molecule has 2 aromatic carbocycles. The van der Waals surface area contributed by atoms with Gasteiger partial charge in [-0.2, -0.15) is 0 Å². The molecule has 2 aromatic rings. The van der Waals surface area contributed by atoms with E-state index in [4.69, 9.17) is 11.6 Å². The van der Waals surface area contributed by atoms with Crippen LogP contribution in [0.5, 0.6) is 0 Å². The van der Waals surface area contributed by atoms with Gasteiger partial charge < -0.3 is 9.80 Å². The molecule has 4 nitrogen and oxygen atoms in total. The molecule has 0 spiro atoms. The number of aryl methyl sites for hydroxylation is 1. The quantitative estimate of drug-likeness (QED) is 0.813. The molecule has 2 amide bonds. The summed E-state index contributed by atoms with van der Waals surface area (Å²) < 4.78 is 0. The summed E-state index contributed by atoms with van der Waals surface area (Å²) in [6.07, 6.45) is 0. The lowest BCUT2D eigenvalue weighted by molar-refractivity contribution is 0.201. The Bertz CT molecular complexity index is 741. The molecule has 1 aliphatic heterocycles. The lowest BCUT2D eigenvalue weighted by atomic mass is 10.2. The summed E-state index contributed by atoms with van der Waals surface area (Å²) in [4.78, 5) is 19.0. The number of urea groups is 1. The van der Waals surface area contributed by atoms with Gasteiger partial charge in [0, 0.05) is 49.1 Å². The van der Waals surface area contributed by atoms with Gasteiger partial charge in [-0.15, -0.1) is 0 Å². The highest BCUT2D eigenvalue weighted by Gasteiger charge is 2.25. The molecule has 0 atom stereocenters. The van der Waals surface area contributed by atoms with Crippen molar-refractivity contribution in [1.82, 2.24) is 4.90 Å². The fourth-order valence-corrected chi connectivity index (χ4v) is 3.41. The number of benzene rings is 2. The van der Waals surface area contributed by atoms with Gasteiger partial charge in [0.25, 0.3) is 0 Å². The second-order valence-electron chi connectivity index (χ2n) is 6.32. The second kappa shape index (κ2) is 7.79. The number of anilines is 2. The van der Waals surface area contributed by atoms with Crippen molar-refractivity contribution in [2.24, 2.45) is 0 Å². The number of piperazine rings is 1. The summed E-state index contributed by atoms with van der Waals surface area (Å²) in [5, 5.41) is 0.743. The summed E-state index contributed by atoms with van der Waals surface area (Å²) in [5.74, 6) is 0. The summed E-state index contributed by atoms with van der Waals surface area (Å²) in [5.41, 5.74) is 3.24. The Morgan fingerprint density at radius 3 is 2.44 bits per heavy atom. The van der Waals surface area contributed by atoms with Gasteiger partial charge in [0.05, 0.1) is 0 Å². The van der Waals surface area contributed by atoms with E-state index in [1.165, 1.54) is 0 Å². The molecule has 0 aliphatic carbocycles. The zero-order chi connectivity index (χ0) is 17.8. The van der Waals surface area contributed by atoms with Crippen molar-refractivity contribution < 1.29 is 4.79 Å². The number of rotatable bonds is 3. The fraction of sp³-hybridized carbons (Fsp3) is 0.350. The van der Waals surface area contributed by atoms with E-state index in [2.05, 4.69) is 17.0 Å². The number of halogens is 1. The minimum Gasteiger partial charge on any atom is -0.368 e. The Morgan fingerprint density at radius 1 is 1.08 bits per heavy atom. The van der Waals surface area contributed by atoms with Crippen molar-refractivity contribution >= 4 is 29.0 Å². The lowest BCUT2D eigenvalue weighted by Crippen LogP contribution is -2.53. The summed E-state index contributed by atoms with van der Waals surface area (Å²) in [6.45, 7) is 7.79. The molecule has 0 aromatic heterocycles. The van der Waals surface area contributed by atoms with Gasteiger partial charge in [-0.1, -0.05) is 29.8 Å². The van der Waals surface area contributed by atoms with E-state index in [0.717, 1.165) is 35.1 Å². The standard InChI is InChI=1S/C20H24ClN3O/c1-3-24(19-9-4-6-16(2)14-19)20(25)23-12-10-22(11-13-23)18-8-5-7-17(21)15-18/h4-9,14-15H,3,10-13H2,1-2H3. The normalized spacial score (nSPS) is 14.5. The highest BCUT2D eigenvalue weighted by molar-refractivity contribution is 6.30. The topological polar surface area (TPSA) is 26.8 Å². The molecule has 25 heavy (non-hydrogen) atoms. The zero-order valence-electron chi connectivity index (χ0n) is 14.8. The smallest absolute Gasteiger partial charge is 0.324 e. The average molecular weight is 358 g/mol. The average Bonchev–Trinajstić information content (AvgIpc) is 2.62. The van der Waals surface area contributed by atoms with Crippen molar-refractivity contribution in [1.29, 1.82) is 0 Å². The Balaban J connectivity index is 1.66. The molecule has 132 valence electrons. The van der Waals surface area contributed by atoms with Crippen LogP contribution < -0.4 is 9.80 Å². The van der Waals surface area contributed by atoms with Crippen LogP contribution in [0.1, 0.15) is 12.5 Å². The fourth-order valence-electron chi connectivity index (χ4n) is 3.22. The van der Waals surface area contributed by atoms with Gasteiger partial charge in [-0.25, -0.2) is 4.79 Å². The minimum atomic E-state index is 0.0823. The molecular formula is C20H24ClN3O. The number of nitrogens with zero attached hydrogens (tertiary/aromatic N) is 3. The number of amides is 2. The predicted molar refractivity (Wildman–Crippen MR) is 105 cm³/mol. The van der Waals surface area contributed by atoms with Gasteiger partial charge >= 0.3 is 6.03 Å². The molecule has 3 rings (SSSR count).